The molecule has 114 valence electrons. The number of carbonyl (C=O) groups excluding carboxylic acids is 2. The molecule has 1 aromatic carbocycles. The van der Waals surface area contributed by atoms with Crippen LogP contribution < -0.4 is 10.6 Å². The molecule has 1 aromatic heterocycles. The van der Waals surface area contributed by atoms with Crippen LogP contribution in [-0.4, -0.2) is 17.0 Å². The van der Waals surface area contributed by atoms with E-state index in [1.54, 1.807) is 13.0 Å². The Balaban J connectivity index is 1.71. The Kier molecular flexibility index (Phi) is 3.44. The summed E-state index contributed by atoms with van der Waals surface area (Å²) < 4.78 is 4.91. The van der Waals surface area contributed by atoms with Gasteiger partial charge in [-0.05, 0) is 38.3 Å². The summed E-state index contributed by atoms with van der Waals surface area (Å²) in [5.41, 5.74) is 0.679. The average molecular weight is 299 g/mol. The number of hydrogen-bond acceptors (Lipinski definition) is 4. The van der Waals surface area contributed by atoms with E-state index in [0.29, 0.717) is 24.4 Å². The Labute approximate surface area is 127 Å². The third-order valence-corrected chi connectivity index (χ3v) is 3.88. The molecule has 2 amide bonds. The summed E-state index contributed by atoms with van der Waals surface area (Å²) in [6.07, 6.45) is 1.07. The molecular formula is C16H17N3O3. The largest absolute Gasteiger partial charge is 0.360 e. The van der Waals surface area contributed by atoms with Gasteiger partial charge in [-0.15, -0.1) is 0 Å². The first-order valence-electron chi connectivity index (χ1n) is 7.13. The van der Waals surface area contributed by atoms with Gasteiger partial charge in [0.15, 0.2) is 5.82 Å². The molecule has 0 aliphatic heterocycles. The molecule has 0 radical (unpaired) electrons. The molecular weight excluding hydrogens is 282 g/mol. The van der Waals surface area contributed by atoms with E-state index in [-0.39, 0.29) is 11.8 Å². The minimum absolute atomic E-state index is 0.278. The second-order valence-corrected chi connectivity index (χ2v) is 5.63. The highest BCUT2D eigenvalue weighted by Crippen LogP contribution is 2.47. The Morgan fingerprint density at radius 1 is 1.14 bits per heavy atom. The zero-order valence-electron chi connectivity index (χ0n) is 12.5. The maximum Gasteiger partial charge on any atom is 0.241 e. The monoisotopic (exact) mass is 299 g/mol. The summed E-state index contributed by atoms with van der Waals surface area (Å²) in [5, 5.41) is 9.20. The highest BCUT2D eigenvalue weighted by Gasteiger charge is 2.56. The van der Waals surface area contributed by atoms with E-state index in [1.807, 2.05) is 31.2 Å². The van der Waals surface area contributed by atoms with Crippen molar-refractivity contribution in [1.29, 1.82) is 0 Å². The Hall–Kier alpha value is -2.63. The van der Waals surface area contributed by atoms with Gasteiger partial charge in [0.1, 0.15) is 11.2 Å². The van der Waals surface area contributed by atoms with Crippen molar-refractivity contribution >= 4 is 23.3 Å². The van der Waals surface area contributed by atoms with E-state index >= 15 is 0 Å². The van der Waals surface area contributed by atoms with Gasteiger partial charge in [-0.3, -0.25) is 9.59 Å². The predicted octanol–water partition coefficient (Wildman–Crippen LogP) is 2.65. The summed E-state index contributed by atoms with van der Waals surface area (Å²) in [4.78, 5) is 24.8. The van der Waals surface area contributed by atoms with Crippen molar-refractivity contribution in [3.05, 3.63) is 41.7 Å². The molecule has 0 saturated heterocycles. The number of rotatable bonds is 4. The van der Waals surface area contributed by atoms with E-state index in [9.17, 15) is 9.59 Å². The van der Waals surface area contributed by atoms with Crippen molar-refractivity contribution in [2.75, 3.05) is 10.6 Å². The number of aromatic nitrogens is 1. The molecule has 2 aromatic rings. The maximum atomic E-state index is 12.5. The van der Waals surface area contributed by atoms with Gasteiger partial charge >= 0.3 is 0 Å². The highest BCUT2D eigenvalue weighted by atomic mass is 16.5. The van der Waals surface area contributed by atoms with Crippen LogP contribution in [0.15, 0.2) is 34.9 Å². The third kappa shape index (κ3) is 2.59. The smallest absolute Gasteiger partial charge is 0.241 e. The van der Waals surface area contributed by atoms with Gasteiger partial charge in [-0.2, -0.15) is 0 Å². The SMILES string of the molecule is Cc1cc(NC(=O)C2(C(=O)Nc3ccccc3C)CC2)no1. The lowest BCUT2D eigenvalue weighted by Gasteiger charge is -2.15. The van der Waals surface area contributed by atoms with Crippen LogP contribution in [0.25, 0.3) is 0 Å². The number of para-hydroxylation sites is 1. The van der Waals surface area contributed by atoms with Crippen molar-refractivity contribution < 1.29 is 14.1 Å². The summed E-state index contributed by atoms with van der Waals surface area (Å²) in [6.45, 7) is 3.65. The van der Waals surface area contributed by atoms with E-state index in [0.717, 1.165) is 11.3 Å². The van der Waals surface area contributed by atoms with Gasteiger partial charge in [-0.25, -0.2) is 0 Å². The van der Waals surface area contributed by atoms with E-state index in [4.69, 9.17) is 4.52 Å². The molecule has 1 aliphatic rings. The quantitative estimate of drug-likeness (QED) is 0.850. The van der Waals surface area contributed by atoms with Gasteiger partial charge in [0.05, 0.1) is 0 Å². The van der Waals surface area contributed by atoms with Gasteiger partial charge in [0.2, 0.25) is 11.8 Å². The number of anilines is 2. The van der Waals surface area contributed by atoms with Crippen molar-refractivity contribution in [2.24, 2.45) is 5.41 Å². The molecule has 1 heterocycles. The van der Waals surface area contributed by atoms with Crippen LogP contribution in [-0.2, 0) is 9.59 Å². The minimum Gasteiger partial charge on any atom is -0.360 e. The Morgan fingerprint density at radius 2 is 1.82 bits per heavy atom. The second kappa shape index (κ2) is 5.29. The molecule has 0 atom stereocenters. The first kappa shape index (κ1) is 14.3. The molecule has 6 heteroatoms. The fraction of sp³-hybridized carbons (Fsp3) is 0.312. The molecule has 1 aliphatic carbocycles. The molecule has 0 bridgehead atoms. The van der Waals surface area contributed by atoms with E-state index < -0.39 is 5.41 Å². The van der Waals surface area contributed by atoms with Gasteiger partial charge in [0.25, 0.3) is 0 Å². The van der Waals surface area contributed by atoms with Gasteiger partial charge in [-0.1, -0.05) is 23.4 Å². The van der Waals surface area contributed by atoms with Gasteiger partial charge < -0.3 is 15.2 Å². The van der Waals surface area contributed by atoms with Crippen molar-refractivity contribution in [1.82, 2.24) is 5.16 Å². The molecule has 0 unspecified atom stereocenters. The predicted molar refractivity (Wildman–Crippen MR) is 81.3 cm³/mol. The Bertz CT molecular complexity index is 732. The molecule has 6 nitrogen and oxygen atoms in total. The van der Waals surface area contributed by atoms with Crippen LogP contribution in [0.5, 0.6) is 0 Å². The lowest BCUT2D eigenvalue weighted by Crippen LogP contribution is -2.35. The number of amides is 2. The number of aryl methyl sites for hydroxylation is 2. The highest BCUT2D eigenvalue weighted by molar-refractivity contribution is 6.16. The number of nitrogens with zero attached hydrogens (tertiary/aromatic N) is 1. The first-order valence-corrected chi connectivity index (χ1v) is 7.13. The lowest BCUT2D eigenvalue weighted by molar-refractivity contribution is -0.131. The Morgan fingerprint density at radius 3 is 2.41 bits per heavy atom. The van der Waals surface area contributed by atoms with E-state index in [2.05, 4.69) is 15.8 Å². The number of benzene rings is 1. The lowest BCUT2D eigenvalue weighted by atomic mass is 10.0. The minimum atomic E-state index is -1.00. The number of nitrogens with one attached hydrogen (secondary N) is 2. The number of hydrogen-bond donors (Lipinski definition) is 2. The topological polar surface area (TPSA) is 84.2 Å². The summed E-state index contributed by atoms with van der Waals surface area (Å²) in [7, 11) is 0. The summed E-state index contributed by atoms with van der Waals surface area (Å²) >= 11 is 0. The van der Waals surface area contributed by atoms with Crippen LogP contribution in [0.3, 0.4) is 0 Å². The first-order chi connectivity index (χ1) is 10.5. The fourth-order valence-electron chi connectivity index (χ4n) is 2.30. The second-order valence-electron chi connectivity index (χ2n) is 5.63. The number of carbonyl (C=O) groups is 2. The van der Waals surface area contributed by atoms with Crippen molar-refractivity contribution in [2.45, 2.75) is 26.7 Å². The molecule has 2 N–H and O–H groups in total. The summed E-state index contributed by atoms with van der Waals surface area (Å²) in [5.74, 6) is 0.313. The van der Waals surface area contributed by atoms with Crippen LogP contribution >= 0.6 is 0 Å². The molecule has 3 rings (SSSR count). The van der Waals surface area contributed by atoms with Gasteiger partial charge in [0, 0.05) is 11.8 Å². The fourth-order valence-corrected chi connectivity index (χ4v) is 2.30. The third-order valence-electron chi connectivity index (χ3n) is 3.88. The van der Waals surface area contributed by atoms with E-state index in [1.165, 1.54) is 0 Å². The van der Waals surface area contributed by atoms with Crippen molar-refractivity contribution in [3.8, 4) is 0 Å². The van der Waals surface area contributed by atoms with Crippen LogP contribution in [0.1, 0.15) is 24.2 Å². The normalized spacial score (nSPS) is 15.2. The standard InChI is InChI=1S/C16H17N3O3/c1-10-5-3-4-6-12(10)17-14(20)16(7-8-16)15(21)18-13-9-11(2)22-19-13/h3-6,9H,7-8H2,1-2H3,(H,17,20)(H,18,19,21). The molecule has 1 fully saturated rings. The molecule has 22 heavy (non-hydrogen) atoms. The summed E-state index contributed by atoms with van der Waals surface area (Å²) in [6, 6.07) is 9.10. The van der Waals surface area contributed by atoms with Crippen LogP contribution in [0, 0.1) is 19.3 Å². The van der Waals surface area contributed by atoms with Crippen LogP contribution in [0.2, 0.25) is 0 Å². The zero-order valence-corrected chi connectivity index (χ0v) is 12.5. The van der Waals surface area contributed by atoms with Crippen LogP contribution in [0.4, 0.5) is 11.5 Å². The maximum absolute atomic E-state index is 12.5. The molecule has 1 saturated carbocycles. The molecule has 0 spiro atoms. The average Bonchev–Trinajstić information content (AvgIpc) is 3.21. The zero-order chi connectivity index (χ0) is 15.7. The van der Waals surface area contributed by atoms with Crippen molar-refractivity contribution in [3.63, 3.8) is 0 Å².